The molecule has 106 valence electrons. The van der Waals surface area contributed by atoms with Crippen LogP contribution in [-0.2, 0) is 19.3 Å². The number of aromatic nitrogens is 4. The van der Waals surface area contributed by atoms with E-state index in [1.54, 1.807) is 12.5 Å². The van der Waals surface area contributed by atoms with Crippen molar-refractivity contribution < 1.29 is 4.74 Å². The van der Waals surface area contributed by atoms with E-state index in [0.29, 0.717) is 0 Å². The summed E-state index contributed by atoms with van der Waals surface area (Å²) in [6.07, 6.45) is 6.28. The van der Waals surface area contributed by atoms with Crippen molar-refractivity contribution in [3.8, 4) is 5.75 Å². The fourth-order valence-electron chi connectivity index (χ4n) is 2.80. The maximum absolute atomic E-state index is 5.62. The first kappa shape index (κ1) is 12.8. The lowest BCUT2D eigenvalue weighted by Crippen LogP contribution is -2.04. The molecule has 4 rings (SSSR count). The first-order valence-electron chi connectivity index (χ1n) is 6.89. The molecule has 3 aromatic rings. The molecule has 0 atom stereocenters. The molecule has 5 nitrogen and oxygen atoms in total. The Morgan fingerprint density at radius 1 is 1.29 bits per heavy atom. The maximum atomic E-state index is 5.62. The molecule has 0 spiro atoms. The third-order valence-corrected chi connectivity index (χ3v) is 4.38. The molecule has 6 heteroatoms. The standard InChI is InChI=1S/C15H13BrN4O/c16-12-8-17-14(20-9-18-19-15(12)20)5-4-10-2-1-3-13-11(10)6-7-21-13/h1-3,8-9H,4-7H2. The van der Waals surface area contributed by atoms with Gasteiger partial charge < -0.3 is 4.74 Å². The molecule has 0 saturated carbocycles. The summed E-state index contributed by atoms with van der Waals surface area (Å²) in [7, 11) is 0. The molecule has 1 aromatic carbocycles. The van der Waals surface area contributed by atoms with Crippen LogP contribution in [-0.4, -0.2) is 26.2 Å². The quantitative estimate of drug-likeness (QED) is 0.732. The van der Waals surface area contributed by atoms with Crippen molar-refractivity contribution in [2.24, 2.45) is 0 Å². The van der Waals surface area contributed by atoms with Crippen molar-refractivity contribution >= 4 is 21.6 Å². The van der Waals surface area contributed by atoms with E-state index in [-0.39, 0.29) is 0 Å². The van der Waals surface area contributed by atoms with Gasteiger partial charge in [-0.25, -0.2) is 4.98 Å². The lowest BCUT2D eigenvalue weighted by molar-refractivity contribution is 0.357. The van der Waals surface area contributed by atoms with Crippen molar-refractivity contribution in [2.75, 3.05) is 6.61 Å². The molecule has 0 fully saturated rings. The molecule has 0 unspecified atom stereocenters. The molecule has 1 aliphatic heterocycles. The molecular formula is C15H13BrN4O. The van der Waals surface area contributed by atoms with Gasteiger partial charge in [0.05, 0.1) is 11.1 Å². The van der Waals surface area contributed by atoms with E-state index >= 15 is 0 Å². The minimum absolute atomic E-state index is 0.790. The fraction of sp³-hybridized carbons (Fsp3) is 0.267. The van der Waals surface area contributed by atoms with E-state index in [0.717, 1.165) is 47.6 Å². The zero-order chi connectivity index (χ0) is 14.2. The second-order valence-corrected chi connectivity index (χ2v) is 5.89. The number of hydrogen-bond acceptors (Lipinski definition) is 4. The number of hydrogen-bond donors (Lipinski definition) is 0. The van der Waals surface area contributed by atoms with E-state index in [1.807, 2.05) is 10.5 Å². The van der Waals surface area contributed by atoms with Crippen LogP contribution < -0.4 is 4.74 Å². The molecule has 0 N–H and O–H groups in total. The van der Waals surface area contributed by atoms with Crippen LogP contribution in [0.1, 0.15) is 17.0 Å². The number of ether oxygens (including phenoxy) is 1. The summed E-state index contributed by atoms with van der Waals surface area (Å²) in [6, 6.07) is 6.28. The summed E-state index contributed by atoms with van der Waals surface area (Å²) in [5.41, 5.74) is 3.49. The Kier molecular flexibility index (Phi) is 3.11. The summed E-state index contributed by atoms with van der Waals surface area (Å²) in [6.45, 7) is 0.790. The van der Waals surface area contributed by atoms with Crippen molar-refractivity contribution in [3.05, 3.63) is 52.1 Å². The first-order chi connectivity index (χ1) is 10.3. The lowest BCUT2D eigenvalue weighted by atomic mass is 10.0. The van der Waals surface area contributed by atoms with Gasteiger partial charge in [-0.3, -0.25) is 4.40 Å². The Balaban J connectivity index is 1.63. The molecule has 0 aliphatic carbocycles. The van der Waals surface area contributed by atoms with E-state index in [1.165, 1.54) is 11.1 Å². The average Bonchev–Trinajstić information content (AvgIpc) is 3.16. The maximum Gasteiger partial charge on any atom is 0.177 e. The van der Waals surface area contributed by atoms with Crippen LogP contribution in [0, 0.1) is 0 Å². The number of benzene rings is 1. The number of nitrogens with zero attached hydrogens (tertiary/aromatic N) is 4. The number of halogens is 1. The summed E-state index contributed by atoms with van der Waals surface area (Å²) in [5, 5.41) is 8.06. The second kappa shape index (κ2) is 5.11. The van der Waals surface area contributed by atoms with E-state index in [9.17, 15) is 0 Å². The van der Waals surface area contributed by atoms with Crippen LogP contribution in [0.4, 0.5) is 0 Å². The lowest BCUT2D eigenvalue weighted by Gasteiger charge is -2.08. The predicted octanol–water partition coefficient (Wildman–Crippen LogP) is 2.61. The molecule has 21 heavy (non-hydrogen) atoms. The Morgan fingerprint density at radius 2 is 2.24 bits per heavy atom. The highest BCUT2D eigenvalue weighted by Crippen LogP contribution is 2.29. The molecular weight excluding hydrogens is 332 g/mol. The molecule has 1 aliphatic rings. The predicted molar refractivity (Wildman–Crippen MR) is 81.5 cm³/mol. The van der Waals surface area contributed by atoms with Gasteiger partial charge in [-0.05, 0) is 34.0 Å². The van der Waals surface area contributed by atoms with E-state index in [2.05, 4.69) is 43.2 Å². The zero-order valence-electron chi connectivity index (χ0n) is 11.3. The topological polar surface area (TPSA) is 52.3 Å². The number of aryl methyl sites for hydroxylation is 2. The first-order valence-corrected chi connectivity index (χ1v) is 7.69. The van der Waals surface area contributed by atoms with Crippen LogP contribution >= 0.6 is 15.9 Å². The van der Waals surface area contributed by atoms with Crippen LogP contribution in [0.3, 0.4) is 0 Å². The largest absolute Gasteiger partial charge is 0.493 e. The molecule has 0 amide bonds. The van der Waals surface area contributed by atoms with Gasteiger partial charge in [-0.1, -0.05) is 12.1 Å². The van der Waals surface area contributed by atoms with Gasteiger partial charge in [0, 0.05) is 24.6 Å². The number of fused-ring (bicyclic) bond motifs is 2. The van der Waals surface area contributed by atoms with Crippen LogP contribution in [0.2, 0.25) is 0 Å². The third kappa shape index (κ3) is 2.19. The Bertz CT molecular complexity index is 815. The van der Waals surface area contributed by atoms with Crippen molar-refractivity contribution in [1.82, 2.24) is 19.6 Å². The summed E-state index contributed by atoms with van der Waals surface area (Å²) in [5.74, 6) is 2.00. The second-order valence-electron chi connectivity index (χ2n) is 5.04. The Labute approximate surface area is 130 Å². The summed E-state index contributed by atoms with van der Waals surface area (Å²) >= 11 is 3.44. The Morgan fingerprint density at radius 3 is 3.19 bits per heavy atom. The minimum atomic E-state index is 0.790. The fourth-order valence-corrected chi connectivity index (χ4v) is 3.17. The Hall–Kier alpha value is -1.95. The van der Waals surface area contributed by atoms with Gasteiger partial charge >= 0.3 is 0 Å². The minimum Gasteiger partial charge on any atom is -0.493 e. The number of rotatable bonds is 3. The normalized spacial score (nSPS) is 13.4. The third-order valence-electron chi connectivity index (χ3n) is 3.82. The van der Waals surface area contributed by atoms with Crippen LogP contribution in [0.5, 0.6) is 5.75 Å². The van der Waals surface area contributed by atoms with Crippen LogP contribution in [0.15, 0.2) is 35.2 Å². The highest BCUT2D eigenvalue weighted by Gasteiger charge is 2.16. The van der Waals surface area contributed by atoms with E-state index in [4.69, 9.17) is 4.74 Å². The van der Waals surface area contributed by atoms with Crippen molar-refractivity contribution in [3.63, 3.8) is 0 Å². The molecule has 3 heterocycles. The van der Waals surface area contributed by atoms with Gasteiger partial charge in [-0.15, -0.1) is 10.2 Å². The molecule has 0 bridgehead atoms. The van der Waals surface area contributed by atoms with Crippen molar-refractivity contribution in [2.45, 2.75) is 19.3 Å². The highest BCUT2D eigenvalue weighted by atomic mass is 79.9. The van der Waals surface area contributed by atoms with Gasteiger partial charge in [0.25, 0.3) is 0 Å². The molecule has 2 aromatic heterocycles. The van der Waals surface area contributed by atoms with Crippen LogP contribution in [0.25, 0.3) is 5.65 Å². The van der Waals surface area contributed by atoms with Gasteiger partial charge in [-0.2, -0.15) is 0 Å². The van der Waals surface area contributed by atoms with Gasteiger partial charge in [0.15, 0.2) is 5.65 Å². The SMILES string of the molecule is Brc1cnc(CCc2cccc3c2CCO3)n2cnnc12. The molecule has 0 radical (unpaired) electrons. The summed E-state index contributed by atoms with van der Waals surface area (Å²) in [4.78, 5) is 4.49. The van der Waals surface area contributed by atoms with Crippen molar-refractivity contribution in [1.29, 1.82) is 0 Å². The summed E-state index contributed by atoms with van der Waals surface area (Å²) < 4.78 is 8.41. The monoisotopic (exact) mass is 344 g/mol. The smallest absolute Gasteiger partial charge is 0.177 e. The average molecular weight is 345 g/mol. The zero-order valence-corrected chi connectivity index (χ0v) is 12.9. The van der Waals surface area contributed by atoms with Gasteiger partial charge in [0.2, 0.25) is 0 Å². The highest BCUT2D eigenvalue weighted by molar-refractivity contribution is 9.10. The van der Waals surface area contributed by atoms with E-state index < -0.39 is 0 Å². The molecule has 0 saturated heterocycles. The van der Waals surface area contributed by atoms with Gasteiger partial charge in [0.1, 0.15) is 17.9 Å².